The van der Waals surface area contributed by atoms with Crippen LogP contribution < -0.4 is 5.32 Å². The van der Waals surface area contributed by atoms with Gasteiger partial charge in [0.05, 0.1) is 0 Å². The standard InChI is InChI=1S/C13H16ClFN2.ClH/c14-12-1-9(2-13(15)3-12)6-17-7-10-4-16-5-11(10)8-17;/h1-3,10-11,16H,4-8H2;1H/t10-,11+;. The summed E-state index contributed by atoms with van der Waals surface area (Å²) in [6, 6.07) is 4.79. The zero-order chi connectivity index (χ0) is 11.8. The molecule has 1 aromatic carbocycles. The Hall–Kier alpha value is -0.350. The minimum Gasteiger partial charge on any atom is -0.316 e. The summed E-state index contributed by atoms with van der Waals surface area (Å²) in [6.07, 6.45) is 0. The molecule has 100 valence electrons. The van der Waals surface area contributed by atoms with Gasteiger partial charge in [-0.1, -0.05) is 11.6 Å². The molecule has 5 heteroatoms. The Kier molecular flexibility index (Phi) is 4.49. The number of hydrogen-bond donors (Lipinski definition) is 1. The first-order chi connectivity index (χ1) is 8.20. The zero-order valence-corrected chi connectivity index (χ0v) is 11.6. The summed E-state index contributed by atoms with van der Waals surface area (Å²) < 4.78 is 13.2. The first kappa shape index (κ1) is 14.1. The average Bonchev–Trinajstić information content (AvgIpc) is 2.75. The molecule has 1 aromatic rings. The normalized spacial score (nSPS) is 27.0. The van der Waals surface area contributed by atoms with Crippen molar-refractivity contribution in [2.75, 3.05) is 26.2 Å². The van der Waals surface area contributed by atoms with Gasteiger partial charge in [0.2, 0.25) is 0 Å². The van der Waals surface area contributed by atoms with Crippen LogP contribution in [-0.4, -0.2) is 31.1 Å². The van der Waals surface area contributed by atoms with E-state index in [1.807, 2.05) is 6.07 Å². The molecule has 2 atom stereocenters. The Balaban J connectivity index is 0.00000120. The van der Waals surface area contributed by atoms with Crippen molar-refractivity contribution in [2.45, 2.75) is 6.54 Å². The highest BCUT2D eigenvalue weighted by molar-refractivity contribution is 6.30. The van der Waals surface area contributed by atoms with Crippen LogP contribution in [0.1, 0.15) is 5.56 Å². The maximum absolute atomic E-state index is 13.2. The highest BCUT2D eigenvalue weighted by Crippen LogP contribution is 2.27. The molecule has 2 heterocycles. The topological polar surface area (TPSA) is 15.3 Å². The van der Waals surface area contributed by atoms with Crippen LogP contribution in [-0.2, 0) is 6.54 Å². The lowest BCUT2D eigenvalue weighted by atomic mass is 10.0. The summed E-state index contributed by atoms with van der Waals surface area (Å²) in [5.41, 5.74) is 0.975. The summed E-state index contributed by atoms with van der Waals surface area (Å²) in [4.78, 5) is 2.40. The molecule has 0 unspecified atom stereocenters. The predicted molar refractivity (Wildman–Crippen MR) is 73.8 cm³/mol. The zero-order valence-electron chi connectivity index (χ0n) is 10.0. The average molecular weight is 291 g/mol. The summed E-state index contributed by atoms with van der Waals surface area (Å²) in [5, 5.41) is 3.91. The van der Waals surface area contributed by atoms with Gasteiger partial charge in [-0.2, -0.15) is 0 Å². The van der Waals surface area contributed by atoms with Gasteiger partial charge in [-0.15, -0.1) is 12.4 Å². The molecule has 2 aliphatic rings. The van der Waals surface area contributed by atoms with Crippen LogP contribution in [0.3, 0.4) is 0 Å². The number of hydrogen-bond acceptors (Lipinski definition) is 2. The smallest absolute Gasteiger partial charge is 0.125 e. The second-order valence-corrected chi connectivity index (χ2v) is 5.59. The fourth-order valence-electron chi connectivity index (χ4n) is 3.04. The lowest BCUT2D eigenvalue weighted by Crippen LogP contribution is -2.25. The molecule has 2 saturated heterocycles. The third-order valence-corrected chi connectivity index (χ3v) is 4.01. The van der Waals surface area contributed by atoms with E-state index in [-0.39, 0.29) is 18.2 Å². The fraction of sp³-hybridized carbons (Fsp3) is 0.538. The SMILES string of the molecule is Cl.Fc1cc(Cl)cc(CN2C[C@H]3CNC[C@H]3C2)c1. The van der Waals surface area contributed by atoms with Crippen molar-refractivity contribution in [1.29, 1.82) is 0 Å². The molecule has 0 bridgehead atoms. The van der Waals surface area contributed by atoms with Gasteiger partial charge in [-0.05, 0) is 48.7 Å². The van der Waals surface area contributed by atoms with Crippen LogP contribution in [0.25, 0.3) is 0 Å². The molecule has 18 heavy (non-hydrogen) atoms. The van der Waals surface area contributed by atoms with E-state index in [0.717, 1.165) is 50.1 Å². The summed E-state index contributed by atoms with van der Waals surface area (Å²) in [6.45, 7) is 5.30. The molecule has 2 nitrogen and oxygen atoms in total. The number of fused-ring (bicyclic) bond motifs is 1. The van der Waals surface area contributed by atoms with Crippen molar-refractivity contribution in [3.63, 3.8) is 0 Å². The quantitative estimate of drug-likeness (QED) is 0.901. The van der Waals surface area contributed by atoms with Gasteiger partial charge in [-0.3, -0.25) is 4.90 Å². The maximum Gasteiger partial charge on any atom is 0.125 e. The van der Waals surface area contributed by atoms with Gasteiger partial charge in [0.15, 0.2) is 0 Å². The highest BCUT2D eigenvalue weighted by Gasteiger charge is 2.35. The van der Waals surface area contributed by atoms with Crippen LogP contribution >= 0.6 is 24.0 Å². The van der Waals surface area contributed by atoms with Crippen molar-refractivity contribution in [1.82, 2.24) is 10.2 Å². The van der Waals surface area contributed by atoms with Crippen molar-refractivity contribution < 1.29 is 4.39 Å². The minimum absolute atomic E-state index is 0. The van der Waals surface area contributed by atoms with Gasteiger partial charge in [0, 0.05) is 24.7 Å². The Labute approximate surface area is 118 Å². The number of nitrogens with one attached hydrogen (secondary N) is 1. The summed E-state index contributed by atoms with van der Waals surface area (Å²) in [7, 11) is 0. The van der Waals surface area contributed by atoms with E-state index in [1.54, 1.807) is 6.07 Å². The molecular formula is C13H17Cl2FN2. The Morgan fingerprint density at radius 2 is 1.89 bits per heavy atom. The fourth-order valence-corrected chi connectivity index (χ4v) is 3.29. The number of rotatable bonds is 2. The van der Waals surface area contributed by atoms with Gasteiger partial charge in [-0.25, -0.2) is 4.39 Å². The molecule has 0 radical (unpaired) electrons. The Morgan fingerprint density at radius 1 is 1.22 bits per heavy atom. The third-order valence-electron chi connectivity index (χ3n) is 3.79. The number of nitrogens with zero attached hydrogens (tertiary/aromatic N) is 1. The van der Waals surface area contributed by atoms with Crippen LogP contribution in [0.2, 0.25) is 5.02 Å². The molecule has 0 amide bonds. The van der Waals surface area contributed by atoms with Crippen LogP contribution in [0.5, 0.6) is 0 Å². The molecule has 0 spiro atoms. The second kappa shape index (κ2) is 5.74. The Bertz CT molecular complexity index is 395. The molecule has 0 saturated carbocycles. The van der Waals surface area contributed by atoms with Crippen molar-refractivity contribution in [3.8, 4) is 0 Å². The number of likely N-dealkylation sites (tertiary alicyclic amines) is 1. The Morgan fingerprint density at radius 3 is 2.50 bits per heavy atom. The van der Waals surface area contributed by atoms with Crippen LogP contribution in [0, 0.1) is 17.7 Å². The highest BCUT2D eigenvalue weighted by atomic mass is 35.5. The molecule has 2 fully saturated rings. The van der Waals surface area contributed by atoms with Crippen LogP contribution in [0.4, 0.5) is 4.39 Å². The lowest BCUT2D eigenvalue weighted by Gasteiger charge is -2.17. The predicted octanol–water partition coefficient (Wildman–Crippen LogP) is 2.55. The van der Waals surface area contributed by atoms with Gasteiger partial charge in [0.1, 0.15) is 5.82 Å². The van der Waals surface area contributed by atoms with E-state index in [4.69, 9.17) is 11.6 Å². The molecule has 3 rings (SSSR count). The largest absolute Gasteiger partial charge is 0.316 e. The van der Waals surface area contributed by atoms with Crippen molar-refractivity contribution in [2.24, 2.45) is 11.8 Å². The summed E-state index contributed by atoms with van der Waals surface area (Å²) in [5.74, 6) is 1.31. The number of halogens is 3. The molecule has 0 aromatic heterocycles. The van der Waals surface area contributed by atoms with E-state index < -0.39 is 0 Å². The van der Waals surface area contributed by atoms with Gasteiger partial charge < -0.3 is 5.32 Å². The van der Waals surface area contributed by atoms with Crippen LogP contribution in [0.15, 0.2) is 18.2 Å². The van der Waals surface area contributed by atoms with Crippen molar-refractivity contribution in [3.05, 3.63) is 34.6 Å². The third kappa shape index (κ3) is 2.97. The molecule has 2 aliphatic heterocycles. The molecular weight excluding hydrogens is 274 g/mol. The van der Waals surface area contributed by atoms with Crippen molar-refractivity contribution >= 4 is 24.0 Å². The molecule has 1 N–H and O–H groups in total. The van der Waals surface area contributed by atoms with E-state index in [2.05, 4.69) is 10.2 Å². The monoisotopic (exact) mass is 290 g/mol. The minimum atomic E-state index is -0.242. The maximum atomic E-state index is 13.2. The van der Waals surface area contributed by atoms with E-state index in [1.165, 1.54) is 6.07 Å². The van der Waals surface area contributed by atoms with E-state index >= 15 is 0 Å². The lowest BCUT2D eigenvalue weighted by molar-refractivity contribution is 0.305. The summed E-state index contributed by atoms with van der Waals surface area (Å²) >= 11 is 5.86. The first-order valence-electron chi connectivity index (χ1n) is 6.09. The molecule has 0 aliphatic carbocycles. The van der Waals surface area contributed by atoms with Gasteiger partial charge >= 0.3 is 0 Å². The second-order valence-electron chi connectivity index (χ2n) is 5.15. The number of benzene rings is 1. The van der Waals surface area contributed by atoms with Gasteiger partial charge in [0.25, 0.3) is 0 Å². The van der Waals surface area contributed by atoms with E-state index in [0.29, 0.717) is 5.02 Å². The first-order valence-corrected chi connectivity index (χ1v) is 6.46. The van der Waals surface area contributed by atoms with E-state index in [9.17, 15) is 4.39 Å².